The zero-order valence-electron chi connectivity index (χ0n) is 15.0. The van der Waals surface area contributed by atoms with Crippen LogP contribution in [-0.4, -0.2) is 17.6 Å². The molecule has 2 nitrogen and oxygen atoms in total. The van der Waals surface area contributed by atoms with Crippen molar-refractivity contribution in [3.63, 3.8) is 0 Å². The SMILES string of the molecule is CCNC(Cc1nc(C(C)(C)C)cs1)C1C(C)(C)C1(C)C. The quantitative estimate of drug-likeness (QED) is 0.857. The molecule has 1 aliphatic rings. The summed E-state index contributed by atoms with van der Waals surface area (Å²) in [5.41, 5.74) is 2.22. The standard InChI is InChI=1S/C18H32N2S/c1-9-19-12(15-17(5,6)18(15,7)8)10-14-20-13(11-21-14)16(2,3)4/h11-12,15,19H,9-10H2,1-8H3. The van der Waals surface area contributed by atoms with E-state index in [9.17, 15) is 0 Å². The van der Waals surface area contributed by atoms with Gasteiger partial charge in [-0.05, 0) is 23.3 Å². The van der Waals surface area contributed by atoms with Gasteiger partial charge in [-0.2, -0.15) is 0 Å². The summed E-state index contributed by atoms with van der Waals surface area (Å²) in [4.78, 5) is 4.89. The first kappa shape index (κ1) is 17.0. The lowest BCUT2D eigenvalue weighted by Gasteiger charge is -2.19. The third-order valence-corrected chi connectivity index (χ3v) is 6.59. The molecule has 0 aromatic carbocycles. The Morgan fingerprint density at radius 3 is 2.19 bits per heavy atom. The Morgan fingerprint density at radius 1 is 1.24 bits per heavy atom. The predicted octanol–water partition coefficient (Wildman–Crippen LogP) is 4.64. The zero-order chi connectivity index (χ0) is 16.1. The highest BCUT2D eigenvalue weighted by atomic mass is 32.1. The summed E-state index contributed by atoms with van der Waals surface area (Å²) in [6.45, 7) is 19.6. The maximum atomic E-state index is 4.89. The minimum atomic E-state index is 0.153. The van der Waals surface area contributed by atoms with E-state index in [2.05, 4.69) is 66.1 Å². The monoisotopic (exact) mass is 308 g/mol. The van der Waals surface area contributed by atoms with E-state index in [1.165, 1.54) is 10.7 Å². The fraction of sp³-hybridized carbons (Fsp3) is 0.833. The highest BCUT2D eigenvalue weighted by Crippen LogP contribution is 2.69. The third kappa shape index (κ3) is 3.05. The summed E-state index contributed by atoms with van der Waals surface area (Å²) in [6, 6.07) is 0.541. The van der Waals surface area contributed by atoms with Gasteiger partial charge in [0.1, 0.15) is 0 Å². The van der Waals surface area contributed by atoms with Crippen molar-refractivity contribution in [3.8, 4) is 0 Å². The van der Waals surface area contributed by atoms with Crippen molar-refractivity contribution in [1.29, 1.82) is 0 Å². The van der Waals surface area contributed by atoms with Gasteiger partial charge < -0.3 is 5.32 Å². The van der Waals surface area contributed by atoms with E-state index in [0.717, 1.165) is 18.9 Å². The van der Waals surface area contributed by atoms with Gasteiger partial charge in [-0.25, -0.2) is 4.98 Å². The largest absolute Gasteiger partial charge is 0.314 e. The third-order valence-electron chi connectivity index (χ3n) is 5.72. The van der Waals surface area contributed by atoms with Gasteiger partial charge in [0.15, 0.2) is 0 Å². The summed E-state index contributed by atoms with van der Waals surface area (Å²) >= 11 is 1.82. The maximum absolute atomic E-state index is 4.89. The predicted molar refractivity (Wildman–Crippen MR) is 93.0 cm³/mol. The van der Waals surface area contributed by atoms with Gasteiger partial charge in [0.2, 0.25) is 0 Å². The van der Waals surface area contributed by atoms with Crippen LogP contribution >= 0.6 is 11.3 Å². The molecule has 120 valence electrons. The molecule has 1 heterocycles. The summed E-state index contributed by atoms with van der Waals surface area (Å²) in [7, 11) is 0. The topological polar surface area (TPSA) is 24.9 Å². The van der Waals surface area contributed by atoms with Crippen LogP contribution in [-0.2, 0) is 11.8 Å². The summed E-state index contributed by atoms with van der Waals surface area (Å²) in [5, 5.41) is 7.24. The number of rotatable bonds is 5. The molecule has 21 heavy (non-hydrogen) atoms. The lowest BCUT2D eigenvalue weighted by Crippen LogP contribution is -2.35. The number of likely N-dealkylation sites (N-methyl/N-ethyl adjacent to an activating group) is 1. The molecular weight excluding hydrogens is 276 g/mol. The molecule has 1 aromatic rings. The molecule has 0 bridgehead atoms. The lowest BCUT2D eigenvalue weighted by atomic mass is 9.93. The normalized spacial score (nSPS) is 22.3. The number of nitrogens with zero attached hydrogens (tertiary/aromatic N) is 1. The first-order valence-corrected chi connectivity index (χ1v) is 9.08. The first-order valence-electron chi connectivity index (χ1n) is 8.20. The van der Waals surface area contributed by atoms with Crippen LogP contribution in [0.3, 0.4) is 0 Å². The van der Waals surface area contributed by atoms with Gasteiger partial charge in [0.25, 0.3) is 0 Å². The second-order valence-corrected chi connectivity index (χ2v) is 9.61. The minimum Gasteiger partial charge on any atom is -0.314 e. The molecular formula is C18H32N2S. The van der Waals surface area contributed by atoms with Gasteiger partial charge in [0.05, 0.1) is 10.7 Å². The molecule has 0 spiro atoms. The minimum absolute atomic E-state index is 0.153. The zero-order valence-corrected chi connectivity index (χ0v) is 15.8. The van der Waals surface area contributed by atoms with E-state index >= 15 is 0 Å². The molecule has 1 saturated carbocycles. The molecule has 0 radical (unpaired) electrons. The molecule has 1 aromatic heterocycles. The van der Waals surface area contributed by atoms with Crippen LogP contribution in [0.4, 0.5) is 0 Å². The average molecular weight is 309 g/mol. The van der Waals surface area contributed by atoms with Gasteiger partial charge >= 0.3 is 0 Å². The molecule has 1 atom stereocenters. The number of aromatic nitrogens is 1. The Labute approximate surface area is 134 Å². The summed E-state index contributed by atoms with van der Waals surface area (Å²) < 4.78 is 0. The van der Waals surface area contributed by atoms with Crippen LogP contribution in [0.5, 0.6) is 0 Å². The summed E-state index contributed by atoms with van der Waals surface area (Å²) in [5.74, 6) is 0.729. The van der Waals surface area contributed by atoms with E-state index in [1.807, 2.05) is 11.3 Å². The summed E-state index contributed by atoms with van der Waals surface area (Å²) in [6.07, 6.45) is 1.06. The van der Waals surface area contributed by atoms with Crippen LogP contribution in [0.15, 0.2) is 5.38 Å². The Balaban J connectivity index is 2.13. The Hall–Kier alpha value is -0.410. The van der Waals surface area contributed by atoms with Crippen molar-refractivity contribution in [3.05, 3.63) is 16.1 Å². The van der Waals surface area contributed by atoms with Crippen molar-refractivity contribution in [2.45, 2.75) is 73.3 Å². The van der Waals surface area contributed by atoms with E-state index < -0.39 is 0 Å². The fourth-order valence-electron chi connectivity index (χ4n) is 3.76. The molecule has 3 heteroatoms. The molecule has 1 fully saturated rings. The van der Waals surface area contributed by atoms with E-state index in [1.54, 1.807) is 0 Å². The molecule has 1 N–H and O–H groups in total. The van der Waals surface area contributed by atoms with Gasteiger partial charge in [-0.1, -0.05) is 55.4 Å². The first-order chi connectivity index (χ1) is 9.51. The van der Waals surface area contributed by atoms with Crippen molar-refractivity contribution in [2.75, 3.05) is 6.54 Å². The molecule has 1 aliphatic carbocycles. The van der Waals surface area contributed by atoms with E-state index in [0.29, 0.717) is 16.9 Å². The van der Waals surface area contributed by atoms with Crippen LogP contribution < -0.4 is 5.32 Å². The fourth-order valence-corrected chi connectivity index (χ4v) is 4.84. The van der Waals surface area contributed by atoms with E-state index in [4.69, 9.17) is 4.98 Å². The number of nitrogens with one attached hydrogen (secondary N) is 1. The second-order valence-electron chi connectivity index (χ2n) is 8.67. The number of hydrogen-bond acceptors (Lipinski definition) is 3. The van der Waals surface area contributed by atoms with Gasteiger partial charge in [-0.15, -0.1) is 11.3 Å². The lowest BCUT2D eigenvalue weighted by molar-refractivity contribution is 0.402. The molecule has 0 aliphatic heterocycles. The van der Waals surface area contributed by atoms with Crippen LogP contribution in [0.25, 0.3) is 0 Å². The molecule has 2 rings (SSSR count). The van der Waals surface area contributed by atoms with E-state index in [-0.39, 0.29) is 5.41 Å². The maximum Gasteiger partial charge on any atom is 0.0944 e. The highest BCUT2D eigenvalue weighted by Gasteiger charge is 2.66. The van der Waals surface area contributed by atoms with Crippen molar-refractivity contribution < 1.29 is 0 Å². The number of thiazole rings is 1. The van der Waals surface area contributed by atoms with Crippen LogP contribution in [0.1, 0.15) is 66.1 Å². The van der Waals surface area contributed by atoms with Gasteiger partial charge in [0, 0.05) is 23.3 Å². The smallest absolute Gasteiger partial charge is 0.0944 e. The van der Waals surface area contributed by atoms with Crippen molar-refractivity contribution >= 4 is 11.3 Å². The molecule has 0 amide bonds. The highest BCUT2D eigenvalue weighted by molar-refractivity contribution is 7.09. The Bertz CT molecular complexity index is 480. The van der Waals surface area contributed by atoms with Crippen molar-refractivity contribution in [1.82, 2.24) is 10.3 Å². The van der Waals surface area contributed by atoms with Crippen LogP contribution in [0.2, 0.25) is 0 Å². The average Bonchev–Trinajstić information content (AvgIpc) is 2.68. The van der Waals surface area contributed by atoms with Crippen molar-refractivity contribution in [2.24, 2.45) is 16.7 Å². The Morgan fingerprint density at radius 2 is 1.81 bits per heavy atom. The second kappa shape index (κ2) is 5.34. The van der Waals surface area contributed by atoms with Gasteiger partial charge in [-0.3, -0.25) is 0 Å². The van der Waals surface area contributed by atoms with Crippen LogP contribution in [0, 0.1) is 16.7 Å². The molecule has 0 saturated heterocycles. The number of hydrogen-bond donors (Lipinski definition) is 1. The Kier molecular flexibility index (Phi) is 4.31. The molecule has 1 unspecified atom stereocenters.